The molecular weight excluding hydrogens is 316 g/mol. The Morgan fingerprint density at radius 3 is 2.88 bits per heavy atom. The molecule has 24 heavy (non-hydrogen) atoms. The van der Waals surface area contributed by atoms with Crippen molar-refractivity contribution >= 4 is 11.6 Å². The van der Waals surface area contributed by atoms with Crippen LogP contribution in [0.25, 0.3) is 0 Å². The van der Waals surface area contributed by atoms with Crippen LogP contribution in [0.4, 0.5) is 14.5 Å². The third-order valence-electron chi connectivity index (χ3n) is 3.87. The fourth-order valence-corrected chi connectivity index (χ4v) is 2.78. The van der Waals surface area contributed by atoms with Gasteiger partial charge in [-0.1, -0.05) is 12.1 Å². The van der Waals surface area contributed by atoms with Crippen LogP contribution in [0.15, 0.2) is 48.8 Å². The molecule has 1 atom stereocenters. The summed E-state index contributed by atoms with van der Waals surface area (Å²) in [7, 11) is 0. The van der Waals surface area contributed by atoms with Crippen molar-refractivity contribution in [2.24, 2.45) is 0 Å². The predicted octanol–water partition coefficient (Wildman–Crippen LogP) is 2.69. The molecule has 0 unspecified atom stereocenters. The third-order valence-corrected chi connectivity index (χ3v) is 3.87. The maximum Gasteiger partial charge on any atom is 0.387 e. The first-order chi connectivity index (χ1) is 11.6. The molecule has 7 heteroatoms. The van der Waals surface area contributed by atoms with Gasteiger partial charge < -0.3 is 15.0 Å². The highest BCUT2D eigenvalue weighted by Gasteiger charge is 2.26. The second-order valence-corrected chi connectivity index (χ2v) is 5.49. The van der Waals surface area contributed by atoms with Crippen molar-refractivity contribution < 1.29 is 18.3 Å². The van der Waals surface area contributed by atoms with Crippen molar-refractivity contribution in [3.05, 3.63) is 54.4 Å². The minimum Gasteiger partial charge on any atom is -0.433 e. The van der Waals surface area contributed by atoms with E-state index in [0.29, 0.717) is 24.3 Å². The lowest BCUT2D eigenvalue weighted by molar-refractivity contribution is -0.0495. The zero-order valence-electron chi connectivity index (χ0n) is 12.9. The molecule has 5 nitrogen and oxygen atoms in total. The van der Waals surface area contributed by atoms with Gasteiger partial charge in [-0.05, 0) is 30.7 Å². The summed E-state index contributed by atoms with van der Waals surface area (Å²) in [6.07, 6.45) is 3.84. The predicted molar refractivity (Wildman–Crippen MR) is 85.4 cm³/mol. The van der Waals surface area contributed by atoms with E-state index in [9.17, 15) is 13.6 Å². The van der Waals surface area contributed by atoms with E-state index in [2.05, 4.69) is 15.0 Å². The molecule has 0 bridgehead atoms. The molecule has 0 spiro atoms. The van der Waals surface area contributed by atoms with E-state index in [4.69, 9.17) is 0 Å². The van der Waals surface area contributed by atoms with Gasteiger partial charge in [0.2, 0.25) is 0 Å². The van der Waals surface area contributed by atoms with Crippen LogP contribution in [0, 0.1) is 0 Å². The summed E-state index contributed by atoms with van der Waals surface area (Å²) in [6.45, 7) is -1.67. The maximum atomic E-state index is 12.5. The van der Waals surface area contributed by atoms with Crippen molar-refractivity contribution in [1.82, 2.24) is 10.3 Å². The number of pyridine rings is 1. The number of hydrogen-bond acceptors (Lipinski definition) is 4. The molecule has 1 amide bonds. The van der Waals surface area contributed by atoms with Crippen molar-refractivity contribution in [3.63, 3.8) is 0 Å². The Balaban J connectivity index is 1.65. The van der Waals surface area contributed by atoms with Gasteiger partial charge in [0.25, 0.3) is 5.91 Å². The standard InChI is InChI=1S/C17H17F2N3O2/c18-17(19)24-15-6-2-1-5-14(15)22-9-7-13(11-22)21-16(23)12-4-3-8-20-10-12/h1-6,8,10,13,17H,7,9,11H2,(H,21,23)/t13-/m1/s1. The van der Waals surface area contributed by atoms with Gasteiger partial charge in [-0.25, -0.2) is 0 Å². The molecule has 1 fully saturated rings. The first-order valence-corrected chi connectivity index (χ1v) is 7.63. The lowest BCUT2D eigenvalue weighted by atomic mass is 10.2. The van der Waals surface area contributed by atoms with Crippen molar-refractivity contribution in [2.45, 2.75) is 19.1 Å². The first-order valence-electron chi connectivity index (χ1n) is 7.63. The Bertz CT molecular complexity index is 697. The van der Waals surface area contributed by atoms with Gasteiger partial charge in [-0.2, -0.15) is 8.78 Å². The number of hydrogen-bond donors (Lipinski definition) is 1. The summed E-state index contributed by atoms with van der Waals surface area (Å²) in [5.74, 6) is -0.0428. The molecule has 1 aromatic carbocycles. The van der Waals surface area contributed by atoms with Crippen LogP contribution < -0.4 is 15.0 Å². The second-order valence-electron chi connectivity index (χ2n) is 5.49. The molecule has 1 aliphatic heterocycles. The number of amides is 1. The van der Waals surface area contributed by atoms with Crippen LogP contribution >= 0.6 is 0 Å². The zero-order valence-corrected chi connectivity index (χ0v) is 12.9. The fourth-order valence-electron chi connectivity index (χ4n) is 2.78. The minimum absolute atomic E-state index is 0.0580. The number of nitrogens with zero attached hydrogens (tertiary/aromatic N) is 2. The molecule has 2 heterocycles. The van der Waals surface area contributed by atoms with E-state index in [-0.39, 0.29) is 17.7 Å². The fraction of sp³-hybridized carbons (Fsp3) is 0.294. The van der Waals surface area contributed by atoms with Gasteiger partial charge in [0.1, 0.15) is 5.75 Å². The molecule has 0 radical (unpaired) electrons. The smallest absolute Gasteiger partial charge is 0.387 e. The van der Waals surface area contributed by atoms with Crippen LogP contribution in [0.2, 0.25) is 0 Å². The Kier molecular flexibility index (Phi) is 4.88. The number of alkyl halides is 2. The normalized spacial score (nSPS) is 17.1. The van der Waals surface area contributed by atoms with Crippen molar-refractivity contribution in [1.29, 1.82) is 0 Å². The summed E-state index contributed by atoms with van der Waals surface area (Å²) in [6, 6.07) is 10.0. The van der Waals surface area contributed by atoms with Gasteiger partial charge >= 0.3 is 6.61 Å². The number of aromatic nitrogens is 1. The summed E-state index contributed by atoms with van der Waals surface area (Å²) in [5, 5.41) is 2.95. The highest BCUT2D eigenvalue weighted by molar-refractivity contribution is 5.94. The number of para-hydroxylation sites is 2. The average molecular weight is 333 g/mol. The molecule has 1 N–H and O–H groups in total. The highest BCUT2D eigenvalue weighted by atomic mass is 19.3. The molecule has 0 saturated carbocycles. The van der Waals surface area contributed by atoms with E-state index in [1.165, 1.54) is 12.3 Å². The van der Waals surface area contributed by atoms with Gasteiger partial charge in [0, 0.05) is 31.5 Å². The zero-order chi connectivity index (χ0) is 16.9. The summed E-state index contributed by atoms with van der Waals surface area (Å²) in [5.41, 5.74) is 1.10. The van der Waals surface area contributed by atoms with Gasteiger partial charge in [0.15, 0.2) is 0 Å². The number of halogens is 2. The number of carbonyl (C=O) groups is 1. The van der Waals surface area contributed by atoms with Gasteiger partial charge in [-0.3, -0.25) is 9.78 Å². The lowest BCUT2D eigenvalue weighted by Crippen LogP contribution is -2.37. The molecule has 126 valence electrons. The largest absolute Gasteiger partial charge is 0.433 e. The van der Waals surface area contributed by atoms with Crippen molar-refractivity contribution in [3.8, 4) is 5.75 Å². The number of anilines is 1. The minimum atomic E-state index is -2.87. The van der Waals surface area contributed by atoms with Crippen molar-refractivity contribution in [2.75, 3.05) is 18.0 Å². The number of benzene rings is 1. The molecule has 1 aromatic heterocycles. The number of rotatable bonds is 5. The van der Waals surface area contributed by atoms with Crippen LogP contribution in [-0.4, -0.2) is 36.6 Å². The second kappa shape index (κ2) is 7.25. The van der Waals surface area contributed by atoms with E-state index in [1.54, 1.807) is 36.5 Å². The molecule has 1 saturated heterocycles. The molecule has 0 aliphatic carbocycles. The SMILES string of the molecule is O=C(N[C@@H]1CCN(c2ccccc2OC(F)F)C1)c1cccnc1. The van der Waals surface area contributed by atoms with Crippen LogP contribution in [0.3, 0.4) is 0 Å². The molecule has 1 aliphatic rings. The summed E-state index contributed by atoms with van der Waals surface area (Å²) < 4.78 is 29.6. The Morgan fingerprint density at radius 1 is 1.29 bits per heavy atom. The monoisotopic (exact) mass is 333 g/mol. The number of carbonyl (C=O) groups excluding carboxylic acids is 1. The topological polar surface area (TPSA) is 54.5 Å². The van der Waals surface area contributed by atoms with E-state index in [0.717, 1.165) is 6.42 Å². The Hall–Kier alpha value is -2.70. The van der Waals surface area contributed by atoms with Gasteiger partial charge in [0.05, 0.1) is 11.3 Å². The lowest BCUT2D eigenvalue weighted by Gasteiger charge is -2.22. The van der Waals surface area contributed by atoms with E-state index >= 15 is 0 Å². The maximum absolute atomic E-state index is 12.5. The Morgan fingerprint density at radius 2 is 2.12 bits per heavy atom. The Labute approximate surface area is 138 Å². The molecular formula is C17H17F2N3O2. The number of ether oxygens (including phenoxy) is 1. The molecule has 2 aromatic rings. The summed E-state index contributed by atoms with van der Waals surface area (Å²) >= 11 is 0. The molecule has 3 rings (SSSR count). The quantitative estimate of drug-likeness (QED) is 0.914. The van der Waals surface area contributed by atoms with Crippen LogP contribution in [-0.2, 0) is 0 Å². The van der Waals surface area contributed by atoms with Crippen LogP contribution in [0.5, 0.6) is 5.75 Å². The average Bonchev–Trinajstić information content (AvgIpc) is 3.04. The summed E-state index contributed by atoms with van der Waals surface area (Å²) in [4.78, 5) is 18.0. The first kappa shape index (κ1) is 16.2. The highest BCUT2D eigenvalue weighted by Crippen LogP contribution is 2.31. The third kappa shape index (κ3) is 3.79. The number of nitrogens with one attached hydrogen (secondary N) is 1. The van der Waals surface area contributed by atoms with E-state index < -0.39 is 6.61 Å². The van der Waals surface area contributed by atoms with E-state index in [1.807, 2.05) is 4.90 Å². The van der Waals surface area contributed by atoms with Crippen LogP contribution in [0.1, 0.15) is 16.8 Å². The van der Waals surface area contributed by atoms with Gasteiger partial charge in [-0.15, -0.1) is 0 Å².